The van der Waals surface area contributed by atoms with Gasteiger partial charge < -0.3 is 10.1 Å². The number of nitrogens with one attached hydrogen (secondary N) is 1. The molecule has 1 aliphatic heterocycles. The van der Waals surface area contributed by atoms with Gasteiger partial charge in [0.25, 0.3) is 15.0 Å². The number of carbonyl (C=O) groups is 1. The van der Waals surface area contributed by atoms with E-state index in [1.54, 1.807) is 6.07 Å². The average Bonchev–Trinajstić information content (AvgIpc) is 2.82. The maximum atomic E-state index is 12.2. The molecule has 1 aromatic rings. The summed E-state index contributed by atoms with van der Waals surface area (Å²) in [5.41, 5.74) is 0.841. The molecule has 0 bridgehead atoms. The number of hydrogen-bond acceptors (Lipinski definition) is 4. The van der Waals surface area contributed by atoms with Crippen LogP contribution in [0.3, 0.4) is 0 Å². The Morgan fingerprint density at radius 2 is 2.10 bits per heavy atom. The largest absolute Gasteiger partial charge is 0.480 e. The Morgan fingerprint density at radius 3 is 2.67 bits per heavy atom. The summed E-state index contributed by atoms with van der Waals surface area (Å²) in [5.74, 6) is 0.381. The highest BCUT2D eigenvalue weighted by Crippen LogP contribution is 2.44. The minimum Gasteiger partial charge on any atom is -0.480 e. The van der Waals surface area contributed by atoms with Crippen LogP contribution in [0.4, 0.5) is 0 Å². The van der Waals surface area contributed by atoms with Crippen LogP contribution in [0.15, 0.2) is 23.1 Å². The third kappa shape index (κ3) is 2.87. The molecule has 1 amide bonds. The Hall–Kier alpha value is -1.27. The maximum absolute atomic E-state index is 12.2. The highest BCUT2D eigenvalue weighted by atomic mass is 35.7. The highest BCUT2D eigenvalue weighted by molar-refractivity contribution is 8.13. The molecule has 1 aromatic carbocycles. The van der Waals surface area contributed by atoms with Gasteiger partial charge in [-0.05, 0) is 35.6 Å². The van der Waals surface area contributed by atoms with E-state index in [2.05, 4.69) is 19.2 Å². The van der Waals surface area contributed by atoms with E-state index in [-0.39, 0.29) is 22.3 Å². The lowest BCUT2D eigenvalue weighted by Gasteiger charge is -2.12. The monoisotopic (exact) mass is 329 g/mol. The minimum absolute atomic E-state index is 0.0240. The zero-order valence-electron chi connectivity index (χ0n) is 11.7. The van der Waals surface area contributed by atoms with Gasteiger partial charge in [0.05, 0.1) is 4.90 Å². The lowest BCUT2D eigenvalue weighted by atomic mass is 10.1. The van der Waals surface area contributed by atoms with E-state index in [4.69, 9.17) is 15.4 Å². The first-order valence-corrected chi connectivity index (χ1v) is 9.02. The van der Waals surface area contributed by atoms with Gasteiger partial charge in [-0.25, -0.2) is 8.42 Å². The number of halogens is 1. The van der Waals surface area contributed by atoms with Crippen molar-refractivity contribution in [3.05, 3.63) is 23.8 Å². The zero-order valence-corrected chi connectivity index (χ0v) is 13.3. The van der Waals surface area contributed by atoms with Crippen LogP contribution in [0.25, 0.3) is 0 Å². The van der Waals surface area contributed by atoms with Crippen molar-refractivity contribution in [1.29, 1.82) is 0 Å². The van der Waals surface area contributed by atoms with Crippen molar-refractivity contribution >= 4 is 25.6 Å². The molecule has 2 unspecified atom stereocenters. The molecular weight excluding hydrogens is 314 g/mol. The van der Waals surface area contributed by atoms with Crippen LogP contribution in [-0.4, -0.2) is 26.5 Å². The molecule has 0 radical (unpaired) electrons. The normalized spacial score (nSPS) is 25.9. The summed E-state index contributed by atoms with van der Waals surface area (Å²) < 4.78 is 28.2. The van der Waals surface area contributed by atoms with Crippen LogP contribution < -0.4 is 10.1 Å². The van der Waals surface area contributed by atoms with Crippen molar-refractivity contribution in [2.45, 2.75) is 43.7 Å². The molecule has 1 aliphatic carbocycles. The molecule has 3 rings (SSSR count). The lowest BCUT2D eigenvalue weighted by molar-refractivity contribution is -0.127. The van der Waals surface area contributed by atoms with Crippen LogP contribution in [0.5, 0.6) is 5.75 Å². The number of hydrogen-bond donors (Lipinski definition) is 1. The maximum Gasteiger partial charge on any atom is 0.261 e. The van der Waals surface area contributed by atoms with E-state index in [1.165, 1.54) is 12.1 Å². The molecule has 1 saturated carbocycles. The van der Waals surface area contributed by atoms with Gasteiger partial charge in [0, 0.05) is 23.1 Å². The Morgan fingerprint density at radius 1 is 1.43 bits per heavy atom. The van der Waals surface area contributed by atoms with Gasteiger partial charge in [-0.1, -0.05) is 13.8 Å². The van der Waals surface area contributed by atoms with Gasteiger partial charge in [-0.3, -0.25) is 4.79 Å². The second kappa shape index (κ2) is 4.61. The highest BCUT2D eigenvalue weighted by Gasteiger charge is 2.47. The number of amides is 1. The molecule has 7 heteroatoms. The fourth-order valence-electron chi connectivity index (χ4n) is 2.50. The van der Waals surface area contributed by atoms with Crippen LogP contribution in [0, 0.1) is 5.41 Å². The van der Waals surface area contributed by atoms with Crippen LogP contribution in [0.1, 0.15) is 25.8 Å². The van der Waals surface area contributed by atoms with Crippen molar-refractivity contribution in [2.75, 3.05) is 0 Å². The van der Waals surface area contributed by atoms with Crippen molar-refractivity contribution in [2.24, 2.45) is 5.41 Å². The van der Waals surface area contributed by atoms with Crippen molar-refractivity contribution in [3.63, 3.8) is 0 Å². The van der Waals surface area contributed by atoms with Gasteiger partial charge in [0.15, 0.2) is 6.10 Å². The van der Waals surface area contributed by atoms with Crippen molar-refractivity contribution in [1.82, 2.24) is 5.32 Å². The Labute approximate surface area is 128 Å². The molecule has 1 fully saturated rings. The smallest absolute Gasteiger partial charge is 0.261 e. The first-order chi connectivity index (χ1) is 9.67. The number of ether oxygens (including phenoxy) is 1. The fourth-order valence-corrected chi connectivity index (χ4v) is 3.30. The molecule has 114 valence electrons. The summed E-state index contributed by atoms with van der Waals surface area (Å²) in [6.45, 7) is 4.19. The standard InChI is InChI=1S/C14H16ClNO4S/c1-14(2)7-12(14)16-13(17)11-6-8-5-9(21(15,18)19)3-4-10(8)20-11/h3-5,11-12H,6-7H2,1-2H3,(H,16,17). The molecule has 1 N–H and O–H groups in total. The van der Waals surface area contributed by atoms with E-state index >= 15 is 0 Å². The van der Waals surface area contributed by atoms with Gasteiger partial charge >= 0.3 is 0 Å². The lowest BCUT2D eigenvalue weighted by Crippen LogP contribution is -2.39. The number of benzene rings is 1. The Bertz CT molecular complexity index is 714. The number of rotatable bonds is 3. The van der Waals surface area contributed by atoms with E-state index < -0.39 is 15.2 Å². The molecule has 21 heavy (non-hydrogen) atoms. The van der Waals surface area contributed by atoms with Gasteiger partial charge in [-0.15, -0.1) is 0 Å². The quantitative estimate of drug-likeness (QED) is 0.859. The summed E-state index contributed by atoms with van der Waals surface area (Å²) in [6, 6.07) is 4.58. The zero-order chi connectivity index (χ0) is 15.4. The van der Waals surface area contributed by atoms with Crippen molar-refractivity contribution in [3.8, 4) is 5.75 Å². The first-order valence-electron chi connectivity index (χ1n) is 6.71. The summed E-state index contributed by atoms with van der Waals surface area (Å²) >= 11 is 0. The molecule has 0 aromatic heterocycles. The van der Waals surface area contributed by atoms with Crippen LogP contribution >= 0.6 is 10.7 Å². The minimum atomic E-state index is -3.77. The predicted octanol–water partition coefficient (Wildman–Crippen LogP) is 1.83. The molecule has 2 atom stereocenters. The second-order valence-corrected chi connectivity index (χ2v) is 8.84. The molecule has 0 saturated heterocycles. The Balaban J connectivity index is 1.71. The summed E-state index contributed by atoms with van der Waals surface area (Å²) in [6.07, 6.45) is 0.714. The van der Waals surface area contributed by atoms with Crippen LogP contribution in [0.2, 0.25) is 0 Å². The second-order valence-electron chi connectivity index (χ2n) is 6.27. The summed E-state index contributed by atoms with van der Waals surface area (Å²) in [5, 5.41) is 2.96. The van der Waals surface area contributed by atoms with Gasteiger partial charge in [0.2, 0.25) is 0 Å². The third-order valence-electron chi connectivity index (χ3n) is 4.11. The van der Waals surface area contributed by atoms with E-state index in [1.807, 2.05) is 0 Å². The molecule has 0 spiro atoms. The summed E-state index contributed by atoms with van der Waals surface area (Å²) in [4.78, 5) is 12.2. The molecule has 1 heterocycles. The van der Waals surface area contributed by atoms with E-state index in [0.717, 1.165) is 6.42 Å². The topological polar surface area (TPSA) is 72.5 Å². The SMILES string of the molecule is CC1(C)CC1NC(=O)C1Cc2cc(S(=O)(=O)Cl)ccc2O1. The number of carbonyl (C=O) groups excluding carboxylic acids is 1. The van der Waals surface area contributed by atoms with Gasteiger partial charge in [-0.2, -0.15) is 0 Å². The third-order valence-corrected chi connectivity index (χ3v) is 5.46. The molecular formula is C14H16ClNO4S. The number of fused-ring (bicyclic) bond motifs is 1. The van der Waals surface area contributed by atoms with Crippen LogP contribution in [-0.2, 0) is 20.3 Å². The average molecular weight is 330 g/mol. The fraction of sp³-hybridized carbons (Fsp3) is 0.500. The molecule has 5 nitrogen and oxygen atoms in total. The van der Waals surface area contributed by atoms with Gasteiger partial charge in [0.1, 0.15) is 5.75 Å². The van der Waals surface area contributed by atoms with E-state index in [0.29, 0.717) is 17.7 Å². The van der Waals surface area contributed by atoms with Crippen molar-refractivity contribution < 1.29 is 17.9 Å². The summed E-state index contributed by atoms with van der Waals surface area (Å²) in [7, 11) is 1.55. The Kier molecular flexibility index (Phi) is 3.22. The first kappa shape index (κ1) is 14.7. The predicted molar refractivity (Wildman–Crippen MR) is 77.9 cm³/mol. The molecule has 2 aliphatic rings. The van der Waals surface area contributed by atoms with E-state index in [9.17, 15) is 13.2 Å².